The summed E-state index contributed by atoms with van der Waals surface area (Å²) in [6.07, 6.45) is 2.27. The van der Waals surface area contributed by atoms with Gasteiger partial charge in [0.05, 0.1) is 11.5 Å². The average Bonchev–Trinajstić information content (AvgIpc) is 3.03. The topological polar surface area (TPSA) is 83.6 Å². The number of nitrogens with zero attached hydrogens (tertiary/aromatic N) is 1. The van der Waals surface area contributed by atoms with Crippen molar-refractivity contribution >= 4 is 21.7 Å². The highest BCUT2D eigenvalue weighted by Crippen LogP contribution is 2.20. The molecular weight excluding hydrogens is 268 g/mol. The smallest absolute Gasteiger partial charge is 0.232 e. The summed E-state index contributed by atoms with van der Waals surface area (Å²) in [7, 11) is -3.02. The van der Waals surface area contributed by atoms with E-state index >= 15 is 0 Å². The van der Waals surface area contributed by atoms with Crippen molar-refractivity contribution in [1.29, 1.82) is 0 Å². The van der Waals surface area contributed by atoms with E-state index in [1.165, 1.54) is 4.90 Å². The summed E-state index contributed by atoms with van der Waals surface area (Å²) < 4.78 is 22.9. The molecule has 19 heavy (non-hydrogen) atoms. The molecule has 0 spiro atoms. The van der Waals surface area contributed by atoms with Gasteiger partial charge in [-0.15, -0.1) is 0 Å². The lowest BCUT2D eigenvalue weighted by molar-refractivity contribution is -0.137. The molecule has 0 bridgehead atoms. The number of sulfone groups is 1. The van der Waals surface area contributed by atoms with E-state index in [0.717, 1.165) is 12.8 Å². The molecule has 1 saturated carbocycles. The Bertz CT molecular complexity index is 470. The molecule has 1 unspecified atom stereocenters. The lowest BCUT2D eigenvalue weighted by Gasteiger charge is -2.26. The third-order valence-electron chi connectivity index (χ3n) is 3.56. The second-order valence-corrected chi connectivity index (χ2v) is 7.48. The zero-order valence-electron chi connectivity index (χ0n) is 11.1. The predicted molar refractivity (Wildman–Crippen MR) is 70.2 cm³/mol. The number of nitrogens with one attached hydrogen (secondary N) is 1. The highest BCUT2D eigenvalue weighted by Gasteiger charge is 2.34. The fraction of sp³-hybridized carbons (Fsp3) is 0.833. The van der Waals surface area contributed by atoms with Crippen LogP contribution in [0.15, 0.2) is 0 Å². The van der Waals surface area contributed by atoms with Gasteiger partial charge in [-0.1, -0.05) is 0 Å². The molecule has 1 saturated heterocycles. The van der Waals surface area contributed by atoms with Crippen molar-refractivity contribution in [3.8, 4) is 0 Å². The Morgan fingerprint density at radius 2 is 1.95 bits per heavy atom. The first kappa shape index (κ1) is 14.3. The van der Waals surface area contributed by atoms with Crippen molar-refractivity contribution < 1.29 is 18.0 Å². The van der Waals surface area contributed by atoms with Gasteiger partial charge in [0.25, 0.3) is 0 Å². The maximum Gasteiger partial charge on any atom is 0.232 e. The minimum Gasteiger partial charge on any atom is -0.353 e. The Kier molecular flexibility index (Phi) is 4.13. The van der Waals surface area contributed by atoms with E-state index in [4.69, 9.17) is 0 Å². The molecule has 0 aromatic carbocycles. The summed E-state index contributed by atoms with van der Waals surface area (Å²) in [4.78, 5) is 25.2. The maximum absolute atomic E-state index is 12.1. The van der Waals surface area contributed by atoms with E-state index in [9.17, 15) is 18.0 Å². The van der Waals surface area contributed by atoms with Gasteiger partial charge in [0.1, 0.15) is 6.42 Å². The quantitative estimate of drug-likeness (QED) is 0.703. The first-order chi connectivity index (χ1) is 8.91. The van der Waals surface area contributed by atoms with Gasteiger partial charge in [0.15, 0.2) is 9.84 Å². The monoisotopic (exact) mass is 288 g/mol. The van der Waals surface area contributed by atoms with Gasteiger partial charge < -0.3 is 10.2 Å². The van der Waals surface area contributed by atoms with Gasteiger partial charge in [-0.3, -0.25) is 9.59 Å². The number of carbonyl (C=O) groups excluding carboxylic acids is 2. The molecular formula is C12H20N2O4S. The van der Waals surface area contributed by atoms with Crippen LogP contribution in [0.5, 0.6) is 0 Å². The van der Waals surface area contributed by atoms with Crippen LogP contribution < -0.4 is 5.32 Å². The largest absolute Gasteiger partial charge is 0.353 e. The minimum absolute atomic E-state index is 0.0246. The molecule has 1 heterocycles. The molecule has 0 aromatic heterocycles. The fourth-order valence-electron chi connectivity index (χ4n) is 2.40. The Morgan fingerprint density at radius 1 is 1.26 bits per heavy atom. The Morgan fingerprint density at radius 3 is 2.42 bits per heavy atom. The summed E-state index contributed by atoms with van der Waals surface area (Å²) in [6, 6.07) is -0.0292. The van der Waals surface area contributed by atoms with Crippen LogP contribution >= 0.6 is 0 Å². The Balaban J connectivity index is 1.89. The molecule has 2 fully saturated rings. The Hall–Kier alpha value is -1.11. The number of amides is 2. The van der Waals surface area contributed by atoms with Gasteiger partial charge >= 0.3 is 0 Å². The molecule has 6 nitrogen and oxygen atoms in total. The van der Waals surface area contributed by atoms with Crippen LogP contribution in [0.25, 0.3) is 0 Å². The predicted octanol–water partition coefficient (Wildman–Crippen LogP) is -0.309. The van der Waals surface area contributed by atoms with E-state index in [1.54, 1.807) is 0 Å². The van der Waals surface area contributed by atoms with Crippen molar-refractivity contribution in [1.82, 2.24) is 10.2 Å². The number of carbonyl (C=O) groups is 2. The van der Waals surface area contributed by atoms with E-state index in [2.05, 4.69) is 5.32 Å². The van der Waals surface area contributed by atoms with E-state index in [0.29, 0.717) is 13.0 Å². The van der Waals surface area contributed by atoms with E-state index in [1.807, 2.05) is 6.92 Å². The molecule has 1 aliphatic heterocycles. The second kappa shape index (κ2) is 5.48. The fourth-order valence-corrected chi connectivity index (χ4v) is 4.14. The molecule has 1 aliphatic carbocycles. The van der Waals surface area contributed by atoms with Crippen LogP contribution in [0, 0.1) is 0 Å². The number of hydrogen-bond donors (Lipinski definition) is 1. The van der Waals surface area contributed by atoms with Gasteiger partial charge in [-0.05, 0) is 26.2 Å². The molecule has 2 rings (SSSR count). The highest BCUT2D eigenvalue weighted by molar-refractivity contribution is 7.91. The van der Waals surface area contributed by atoms with Gasteiger partial charge in [0.2, 0.25) is 11.8 Å². The standard InChI is InChI=1S/C12H20N2O4S/c1-2-14(10-5-6-19(17,18)8-10)12(16)7-11(15)13-9-3-4-9/h9-10H,2-8H2,1H3,(H,13,15). The van der Waals surface area contributed by atoms with Crippen molar-refractivity contribution in [2.45, 2.75) is 44.7 Å². The molecule has 1 atom stereocenters. The summed E-state index contributed by atoms with van der Waals surface area (Å²) in [5.41, 5.74) is 0. The Labute approximate surface area is 113 Å². The number of rotatable bonds is 5. The molecule has 0 radical (unpaired) electrons. The van der Waals surface area contributed by atoms with Crippen molar-refractivity contribution in [3.63, 3.8) is 0 Å². The summed E-state index contributed by atoms with van der Waals surface area (Å²) in [5, 5.41) is 2.77. The molecule has 2 amide bonds. The molecule has 108 valence electrons. The van der Waals surface area contributed by atoms with Crippen molar-refractivity contribution in [2.75, 3.05) is 18.1 Å². The maximum atomic E-state index is 12.1. The SMILES string of the molecule is CCN(C(=O)CC(=O)NC1CC1)C1CCS(=O)(=O)C1. The molecule has 2 aliphatic rings. The molecule has 1 N–H and O–H groups in total. The third kappa shape index (κ3) is 3.92. The van der Waals surface area contributed by atoms with Crippen molar-refractivity contribution in [3.05, 3.63) is 0 Å². The zero-order chi connectivity index (χ0) is 14.0. The summed E-state index contributed by atoms with van der Waals surface area (Å²) in [5.74, 6) is -0.374. The van der Waals surface area contributed by atoms with Crippen LogP contribution in [0.4, 0.5) is 0 Å². The minimum atomic E-state index is -3.02. The van der Waals surface area contributed by atoms with Crippen molar-refractivity contribution in [2.24, 2.45) is 0 Å². The first-order valence-electron chi connectivity index (χ1n) is 6.70. The average molecular weight is 288 g/mol. The molecule has 7 heteroatoms. The van der Waals surface area contributed by atoms with Gasteiger partial charge in [-0.2, -0.15) is 0 Å². The second-order valence-electron chi connectivity index (χ2n) is 5.26. The van der Waals surface area contributed by atoms with Crippen LogP contribution in [-0.4, -0.2) is 55.3 Å². The third-order valence-corrected chi connectivity index (χ3v) is 5.31. The zero-order valence-corrected chi connectivity index (χ0v) is 11.9. The normalized spacial score (nSPS) is 25.0. The van der Waals surface area contributed by atoms with Crippen LogP contribution in [0.3, 0.4) is 0 Å². The van der Waals surface area contributed by atoms with E-state index in [-0.39, 0.29) is 41.8 Å². The summed E-state index contributed by atoms with van der Waals surface area (Å²) >= 11 is 0. The van der Waals surface area contributed by atoms with Gasteiger partial charge in [0, 0.05) is 18.6 Å². The lowest BCUT2D eigenvalue weighted by Crippen LogP contribution is -2.43. The van der Waals surface area contributed by atoms with Crippen LogP contribution in [-0.2, 0) is 19.4 Å². The van der Waals surface area contributed by atoms with E-state index < -0.39 is 9.84 Å². The molecule has 0 aromatic rings. The van der Waals surface area contributed by atoms with Crippen LogP contribution in [0.1, 0.15) is 32.6 Å². The number of hydrogen-bond acceptors (Lipinski definition) is 4. The van der Waals surface area contributed by atoms with Crippen LogP contribution in [0.2, 0.25) is 0 Å². The highest BCUT2D eigenvalue weighted by atomic mass is 32.2. The van der Waals surface area contributed by atoms with Gasteiger partial charge in [-0.25, -0.2) is 8.42 Å². The lowest BCUT2D eigenvalue weighted by atomic mass is 10.2. The summed E-state index contributed by atoms with van der Waals surface area (Å²) in [6.45, 7) is 2.25. The first-order valence-corrected chi connectivity index (χ1v) is 8.52.